The van der Waals surface area contributed by atoms with Crippen LogP contribution >= 0.6 is 11.3 Å². The van der Waals surface area contributed by atoms with Gasteiger partial charge in [-0.05, 0) is 30.4 Å². The van der Waals surface area contributed by atoms with Gasteiger partial charge < -0.3 is 19.9 Å². The Morgan fingerprint density at radius 2 is 1.89 bits per heavy atom. The van der Waals surface area contributed by atoms with E-state index in [-0.39, 0.29) is 0 Å². The van der Waals surface area contributed by atoms with E-state index in [1.54, 1.807) is 17.7 Å². The summed E-state index contributed by atoms with van der Waals surface area (Å²) >= 11 is 1.74. The number of hydrogen-bond acceptors (Lipinski definition) is 8. The number of nitrogens with one attached hydrogen (secondary N) is 1. The summed E-state index contributed by atoms with van der Waals surface area (Å²) in [4.78, 5) is 18.1. The van der Waals surface area contributed by atoms with E-state index in [2.05, 4.69) is 53.6 Å². The van der Waals surface area contributed by atoms with Crippen molar-refractivity contribution in [3.8, 4) is 0 Å². The molecule has 2 aliphatic rings. The molecular weight excluding hydrogens is 372 g/mol. The molecule has 8 heteroatoms. The number of rotatable bonds is 4. The Kier molecular flexibility index (Phi) is 4.97. The first-order chi connectivity index (χ1) is 13.9. The van der Waals surface area contributed by atoms with Crippen LogP contribution in [0.1, 0.15) is 12.8 Å². The first-order valence-corrected chi connectivity index (χ1v) is 10.7. The quantitative estimate of drug-likeness (QED) is 0.727. The number of morpholine rings is 1. The van der Waals surface area contributed by atoms with Crippen molar-refractivity contribution in [2.24, 2.45) is 0 Å². The third-order valence-corrected chi connectivity index (χ3v) is 6.36. The van der Waals surface area contributed by atoms with Crippen LogP contribution in [0.2, 0.25) is 0 Å². The van der Waals surface area contributed by atoms with Gasteiger partial charge in [-0.25, -0.2) is 9.97 Å². The van der Waals surface area contributed by atoms with Crippen LogP contribution in [0, 0.1) is 0 Å². The molecule has 7 nitrogen and oxygen atoms in total. The molecule has 0 amide bonds. The SMILES string of the molecule is c1nc(N2CCOCC2)cc(N2CCCC(Nc3ccnc4ccsc34)C2)n1. The smallest absolute Gasteiger partial charge is 0.134 e. The van der Waals surface area contributed by atoms with Crippen molar-refractivity contribution >= 4 is 38.9 Å². The van der Waals surface area contributed by atoms with Gasteiger partial charge in [0.25, 0.3) is 0 Å². The normalized spacial score (nSPS) is 20.5. The van der Waals surface area contributed by atoms with E-state index in [1.807, 2.05) is 6.20 Å². The Hall–Kier alpha value is -2.45. The van der Waals surface area contributed by atoms with Crippen LogP contribution in [0.25, 0.3) is 10.2 Å². The Bertz CT molecular complexity index is 941. The number of piperidine rings is 1. The lowest BCUT2D eigenvalue weighted by Gasteiger charge is -2.35. The zero-order valence-electron chi connectivity index (χ0n) is 15.8. The minimum atomic E-state index is 0.392. The predicted molar refractivity (Wildman–Crippen MR) is 114 cm³/mol. The minimum Gasteiger partial charge on any atom is -0.379 e. The van der Waals surface area contributed by atoms with Crippen LogP contribution in [0.5, 0.6) is 0 Å². The van der Waals surface area contributed by atoms with E-state index >= 15 is 0 Å². The fraction of sp³-hybridized carbons (Fsp3) is 0.450. The molecule has 0 bridgehead atoms. The van der Waals surface area contributed by atoms with E-state index in [4.69, 9.17) is 4.74 Å². The van der Waals surface area contributed by atoms with Gasteiger partial charge in [-0.2, -0.15) is 0 Å². The van der Waals surface area contributed by atoms with Gasteiger partial charge in [0, 0.05) is 44.5 Å². The number of nitrogens with zero attached hydrogens (tertiary/aromatic N) is 5. The average Bonchev–Trinajstić information content (AvgIpc) is 3.25. The van der Waals surface area contributed by atoms with Crippen molar-refractivity contribution in [1.82, 2.24) is 15.0 Å². The van der Waals surface area contributed by atoms with Crippen LogP contribution < -0.4 is 15.1 Å². The predicted octanol–water partition coefficient (Wildman–Crippen LogP) is 3.00. The average molecular weight is 397 g/mol. The molecule has 2 fully saturated rings. The highest BCUT2D eigenvalue weighted by atomic mass is 32.1. The molecule has 5 heterocycles. The molecule has 1 unspecified atom stereocenters. The van der Waals surface area contributed by atoms with E-state index in [9.17, 15) is 0 Å². The van der Waals surface area contributed by atoms with Crippen molar-refractivity contribution in [3.05, 3.63) is 36.1 Å². The monoisotopic (exact) mass is 396 g/mol. The van der Waals surface area contributed by atoms with Gasteiger partial charge in [-0.3, -0.25) is 4.98 Å². The zero-order chi connectivity index (χ0) is 18.8. The second-order valence-corrected chi connectivity index (χ2v) is 8.17. The molecule has 0 aromatic carbocycles. The standard InChI is InChI=1S/C20H24N6OS/c1-2-15(24-17-3-5-21-16-4-11-28-20(16)17)13-26(6-1)19-12-18(22-14-23-19)25-7-9-27-10-8-25/h3-5,11-12,14-15H,1-2,6-10,13H2,(H,21,24). The highest BCUT2D eigenvalue weighted by Crippen LogP contribution is 2.29. The number of ether oxygens (including phenoxy) is 1. The third kappa shape index (κ3) is 3.62. The molecule has 0 radical (unpaired) electrons. The first-order valence-electron chi connectivity index (χ1n) is 9.85. The number of pyridine rings is 1. The maximum atomic E-state index is 5.46. The van der Waals surface area contributed by atoms with E-state index in [0.29, 0.717) is 6.04 Å². The fourth-order valence-electron chi connectivity index (χ4n) is 3.99. The molecule has 3 aromatic heterocycles. The highest BCUT2D eigenvalue weighted by Gasteiger charge is 2.23. The molecule has 2 saturated heterocycles. The molecule has 2 aliphatic heterocycles. The van der Waals surface area contributed by atoms with E-state index in [1.165, 1.54) is 10.4 Å². The van der Waals surface area contributed by atoms with Gasteiger partial charge >= 0.3 is 0 Å². The molecule has 1 N–H and O–H groups in total. The summed E-state index contributed by atoms with van der Waals surface area (Å²) in [6.45, 7) is 5.27. The van der Waals surface area contributed by atoms with Crippen LogP contribution in [-0.4, -0.2) is 60.4 Å². The fourth-order valence-corrected chi connectivity index (χ4v) is 4.81. The molecule has 1 atom stereocenters. The molecule has 5 rings (SSSR count). The van der Waals surface area contributed by atoms with Crippen LogP contribution in [0.15, 0.2) is 36.1 Å². The van der Waals surface area contributed by atoms with Gasteiger partial charge in [0.05, 0.1) is 29.1 Å². The zero-order valence-corrected chi connectivity index (χ0v) is 16.6. The van der Waals surface area contributed by atoms with Crippen LogP contribution in [-0.2, 0) is 4.74 Å². The van der Waals surface area contributed by atoms with E-state index < -0.39 is 0 Å². The molecular formula is C20H24N6OS. The van der Waals surface area contributed by atoms with Crippen molar-refractivity contribution in [3.63, 3.8) is 0 Å². The van der Waals surface area contributed by atoms with Crippen molar-refractivity contribution in [2.75, 3.05) is 54.5 Å². The minimum absolute atomic E-state index is 0.392. The van der Waals surface area contributed by atoms with Gasteiger partial charge in [0.2, 0.25) is 0 Å². The van der Waals surface area contributed by atoms with Gasteiger partial charge in [-0.1, -0.05) is 0 Å². The summed E-state index contributed by atoms with van der Waals surface area (Å²) in [5.74, 6) is 2.01. The summed E-state index contributed by atoms with van der Waals surface area (Å²) in [6.07, 6.45) is 5.88. The molecule has 0 spiro atoms. The number of fused-ring (bicyclic) bond motifs is 1. The molecule has 0 aliphatic carbocycles. The molecule has 28 heavy (non-hydrogen) atoms. The van der Waals surface area contributed by atoms with Crippen molar-refractivity contribution in [2.45, 2.75) is 18.9 Å². The highest BCUT2D eigenvalue weighted by molar-refractivity contribution is 7.17. The van der Waals surface area contributed by atoms with Gasteiger partial charge in [0.1, 0.15) is 18.0 Å². The maximum Gasteiger partial charge on any atom is 0.134 e. The lowest BCUT2D eigenvalue weighted by atomic mass is 10.1. The maximum absolute atomic E-state index is 5.46. The largest absolute Gasteiger partial charge is 0.379 e. The Morgan fingerprint density at radius 1 is 1.04 bits per heavy atom. The second kappa shape index (κ2) is 7.89. The summed E-state index contributed by atoms with van der Waals surface area (Å²) < 4.78 is 6.69. The molecule has 3 aromatic rings. The lowest BCUT2D eigenvalue weighted by molar-refractivity contribution is 0.122. The van der Waals surface area contributed by atoms with Crippen molar-refractivity contribution in [1.29, 1.82) is 0 Å². The third-order valence-electron chi connectivity index (χ3n) is 5.42. The van der Waals surface area contributed by atoms with Gasteiger partial charge in [-0.15, -0.1) is 11.3 Å². The summed E-state index contributed by atoms with van der Waals surface area (Å²) in [5.41, 5.74) is 2.25. The van der Waals surface area contributed by atoms with E-state index in [0.717, 1.165) is 69.4 Å². The topological polar surface area (TPSA) is 66.4 Å². The summed E-state index contributed by atoms with van der Waals surface area (Å²) in [5, 5.41) is 5.85. The Balaban J connectivity index is 1.31. The summed E-state index contributed by atoms with van der Waals surface area (Å²) in [7, 11) is 0. The molecule has 0 saturated carbocycles. The molecule has 146 valence electrons. The first kappa shape index (κ1) is 17.6. The number of aromatic nitrogens is 3. The Labute approximate surface area is 168 Å². The summed E-state index contributed by atoms with van der Waals surface area (Å²) in [6, 6.07) is 6.67. The van der Waals surface area contributed by atoms with Gasteiger partial charge in [0.15, 0.2) is 0 Å². The second-order valence-electron chi connectivity index (χ2n) is 7.26. The number of thiophene rings is 1. The number of anilines is 3. The Morgan fingerprint density at radius 3 is 2.79 bits per heavy atom. The number of hydrogen-bond donors (Lipinski definition) is 1. The van der Waals surface area contributed by atoms with Crippen LogP contribution in [0.4, 0.5) is 17.3 Å². The lowest BCUT2D eigenvalue weighted by Crippen LogP contribution is -2.43. The van der Waals surface area contributed by atoms with Crippen molar-refractivity contribution < 1.29 is 4.74 Å². The van der Waals surface area contributed by atoms with Crippen LogP contribution in [0.3, 0.4) is 0 Å².